The second kappa shape index (κ2) is 10.5. The number of carbonyl (C=O) groups excluding carboxylic acids is 1. The van der Waals surface area contributed by atoms with Crippen molar-refractivity contribution in [2.45, 2.75) is 11.4 Å². The molecule has 9 heteroatoms. The van der Waals surface area contributed by atoms with Crippen LogP contribution in [0.4, 0.5) is 5.69 Å². The maximum atomic E-state index is 12.8. The zero-order valence-corrected chi connectivity index (χ0v) is 19.2. The van der Waals surface area contributed by atoms with Gasteiger partial charge < -0.3 is 14.8 Å². The van der Waals surface area contributed by atoms with Crippen LogP contribution in [0.5, 0.6) is 11.5 Å². The van der Waals surface area contributed by atoms with Crippen LogP contribution in [0, 0.1) is 0 Å². The molecule has 0 spiro atoms. The Morgan fingerprint density at radius 1 is 1.03 bits per heavy atom. The van der Waals surface area contributed by atoms with Crippen LogP contribution in [0.25, 0.3) is 0 Å². The van der Waals surface area contributed by atoms with E-state index in [0.29, 0.717) is 22.2 Å². The van der Waals surface area contributed by atoms with Gasteiger partial charge in [-0.25, -0.2) is 8.42 Å². The lowest BCUT2D eigenvalue weighted by atomic mass is 10.2. The van der Waals surface area contributed by atoms with Gasteiger partial charge in [0.05, 0.1) is 17.7 Å². The van der Waals surface area contributed by atoms with Gasteiger partial charge in [0.25, 0.3) is 5.91 Å². The van der Waals surface area contributed by atoms with Crippen molar-refractivity contribution in [3.8, 4) is 11.5 Å². The van der Waals surface area contributed by atoms with E-state index in [-0.39, 0.29) is 18.0 Å². The molecule has 0 saturated carbocycles. The summed E-state index contributed by atoms with van der Waals surface area (Å²) in [5.41, 5.74) is 1.32. The molecule has 0 saturated heterocycles. The van der Waals surface area contributed by atoms with Crippen molar-refractivity contribution in [3.05, 3.63) is 83.4 Å². The maximum Gasteiger partial charge on any atom is 0.262 e. The summed E-state index contributed by atoms with van der Waals surface area (Å²) in [7, 11) is -0.648. The lowest BCUT2D eigenvalue weighted by molar-refractivity contribution is -0.118. The zero-order chi connectivity index (χ0) is 23.1. The summed E-state index contributed by atoms with van der Waals surface area (Å²) in [6.45, 7) is -0.00969. The molecule has 32 heavy (non-hydrogen) atoms. The molecule has 3 aromatic rings. The van der Waals surface area contributed by atoms with Crippen molar-refractivity contribution in [1.82, 2.24) is 4.31 Å². The van der Waals surface area contributed by atoms with Crippen molar-refractivity contribution < 1.29 is 22.7 Å². The number of halogens is 1. The fourth-order valence-corrected chi connectivity index (χ4v) is 4.26. The van der Waals surface area contributed by atoms with Crippen LogP contribution >= 0.6 is 11.6 Å². The molecular formula is C23H23ClN2O5S. The molecule has 0 bridgehead atoms. The van der Waals surface area contributed by atoms with Gasteiger partial charge in [-0.1, -0.05) is 41.9 Å². The fraction of sp³-hybridized carbons (Fsp3) is 0.174. The molecule has 3 aromatic carbocycles. The van der Waals surface area contributed by atoms with Crippen LogP contribution in [0.1, 0.15) is 5.56 Å². The minimum absolute atomic E-state index is 0.136. The Morgan fingerprint density at radius 3 is 2.38 bits per heavy atom. The van der Waals surface area contributed by atoms with E-state index in [2.05, 4.69) is 5.32 Å². The number of ether oxygens (including phenoxy) is 2. The third kappa shape index (κ3) is 6.00. The first kappa shape index (κ1) is 23.6. The lowest BCUT2D eigenvalue weighted by Crippen LogP contribution is -2.26. The van der Waals surface area contributed by atoms with Crippen molar-refractivity contribution in [2.24, 2.45) is 0 Å². The SMILES string of the molecule is COc1ccc(Cl)cc1NC(=O)COc1ccc(S(=O)(=O)N(C)Cc2ccccc2)cc1. The van der Waals surface area contributed by atoms with Gasteiger partial charge in [0.2, 0.25) is 10.0 Å². The number of sulfonamides is 1. The van der Waals surface area contributed by atoms with Gasteiger partial charge in [0, 0.05) is 18.6 Å². The molecule has 1 N–H and O–H groups in total. The summed E-state index contributed by atoms with van der Waals surface area (Å²) < 4.78 is 37.6. The maximum absolute atomic E-state index is 12.8. The molecule has 0 aliphatic carbocycles. The highest BCUT2D eigenvalue weighted by molar-refractivity contribution is 7.89. The van der Waals surface area contributed by atoms with Crippen LogP contribution in [0.15, 0.2) is 77.7 Å². The van der Waals surface area contributed by atoms with E-state index in [9.17, 15) is 13.2 Å². The lowest BCUT2D eigenvalue weighted by Gasteiger charge is -2.17. The Hall–Kier alpha value is -3.07. The highest BCUT2D eigenvalue weighted by atomic mass is 35.5. The first-order chi connectivity index (χ1) is 15.3. The van der Waals surface area contributed by atoms with Crippen LogP contribution in [0.3, 0.4) is 0 Å². The Morgan fingerprint density at radius 2 is 1.72 bits per heavy atom. The van der Waals surface area contributed by atoms with Crippen LogP contribution in [-0.4, -0.2) is 39.4 Å². The summed E-state index contributed by atoms with van der Waals surface area (Å²) >= 11 is 5.96. The second-order valence-corrected chi connectivity index (χ2v) is 9.38. The first-order valence-corrected chi connectivity index (χ1v) is 11.5. The summed E-state index contributed by atoms with van der Waals surface area (Å²) in [5.74, 6) is 0.421. The monoisotopic (exact) mass is 474 g/mol. The number of rotatable bonds is 9. The molecule has 0 aliphatic rings. The second-order valence-electron chi connectivity index (χ2n) is 6.90. The van der Waals surface area contributed by atoms with Gasteiger partial charge in [-0.2, -0.15) is 4.31 Å². The predicted octanol–water partition coefficient (Wildman–Crippen LogP) is 4.19. The van der Waals surface area contributed by atoms with Crippen molar-refractivity contribution in [1.29, 1.82) is 0 Å². The topological polar surface area (TPSA) is 84.9 Å². The molecule has 0 aliphatic heterocycles. The van der Waals surface area contributed by atoms with E-state index < -0.39 is 15.9 Å². The summed E-state index contributed by atoms with van der Waals surface area (Å²) in [4.78, 5) is 12.4. The van der Waals surface area contributed by atoms with Crippen molar-refractivity contribution in [2.75, 3.05) is 26.1 Å². The normalized spacial score (nSPS) is 11.2. The van der Waals surface area contributed by atoms with Gasteiger partial charge in [-0.15, -0.1) is 0 Å². The van der Waals surface area contributed by atoms with E-state index in [4.69, 9.17) is 21.1 Å². The Kier molecular flexibility index (Phi) is 7.74. The summed E-state index contributed by atoms with van der Waals surface area (Å²) in [6, 6.07) is 20.1. The van der Waals surface area contributed by atoms with Crippen molar-refractivity contribution in [3.63, 3.8) is 0 Å². The third-order valence-corrected chi connectivity index (χ3v) is 6.64. The highest BCUT2D eigenvalue weighted by Gasteiger charge is 2.21. The number of carbonyl (C=O) groups is 1. The first-order valence-electron chi connectivity index (χ1n) is 9.66. The van der Waals surface area contributed by atoms with Gasteiger partial charge in [0.1, 0.15) is 11.5 Å². The molecule has 0 unspecified atom stereocenters. The van der Waals surface area contributed by atoms with Crippen LogP contribution < -0.4 is 14.8 Å². The van der Waals surface area contributed by atoms with Crippen LogP contribution in [0.2, 0.25) is 5.02 Å². The Bertz CT molecular complexity index is 1170. The molecule has 7 nitrogen and oxygen atoms in total. The average Bonchev–Trinajstić information content (AvgIpc) is 2.79. The van der Waals surface area contributed by atoms with Gasteiger partial charge in [-0.3, -0.25) is 4.79 Å². The molecule has 0 heterocycles. The molecule has 0 fully saturated rings. The quantitative estimate of drug-likeness (QED) is 0.502. The molecule has 0 radical (unpaired) electrons. The standard InChI is InChI=1S/C23H23ClN2O5S/c1-26(15-17-6-4-3-5-7-17)32(28,29)20-11-9-19(10-12-20)31-16-23(27)25-21-14-18(24)8-13-22(21)30-2/h3-14H,15-16H2,1-2H3,(H,25,27). The minimum Gasteiger partial charge on any atom is -0.495 e. The number of benzene rings is 3. The third-order valence-electron chi connectivity index (χ3n) is 4.59. The van der Waals surface area contributed by atoms with Gasteiger partial charge in [-0.05, 0) is 48.0 Å². The summed E-state index contributed by atoms with van der Waals surface area (Å²) in [6.07, 6.45) is 0. The Balaban J connectivity index is 1.59. The molecule has 168 valence electrons. The van der Waals surface area contributed by atoms with E-state index in [1.807, 2.05) is 30.3 Å². The fourth-order valence-electron chi connectivity index (χ4n) is 2.93. The number of hydrogen-bond donors (Lipinski definition) is 1. The zero-order valence-electron chi connectivity index (χ0n) is 17.6. The predicted molar refractivity (Wildman–Crippen MR) is 124 cm³/mol. The number of nitrogens with zero attached hydrogens (tertiary/aromatic N) is 1. The Labute approximate surface area is 192 Å². The van der Waals surface area contributed by atoms with E-state index in [1.54, 1.807) is 18.2 Å². The minimum atomic E-state index is -3.67. The van der Waals surface area contributed by atoms with Crippen molar-refractivity contribution >= 4 is 33.2 Å². The number of hydrogen-bond acceptors (Lipinski definition) is 5. The molecule has 1 amide bonds. The average molecular weight is 475 g/mol. The van der Waals surface area contributed by atoms with Gasteiger partial charge in [0.15, 0.2) is 6.61 Å². The largest absolute Gasteiger partial charge is 0.495 e. The molecule has 3 rings (SSSR count). The van der Waals surface area contributed by atoms with E-state index in [0.717, 1.165) is 5.56 Å². The number of amides is 1. The number of nitrogens with one attached hydrogen (secondary N) is 1. The van der Waals surface area contributed by atoms with Gasteiger partial charge >= 0.3 is 0 Å². The molecular weight excluding hydrogens is 452 g/mol. The molecule has 0 aromatic heterocycles. The van der Waals surface area contributed by atoms with E-state index >= 15 is 0 Å². The smallest absolute Gasteiger partial charge is 0.262 e. The van der Waals surface area contributed by atoms with Crippen LogP contribution in [-0.2, 0) is 21.4 Å². The number of methoxy groups -OCH3 is 1. The molecule has 0 atom stereocenters. The summed E-state index contributed by atoms with van der Waals surface area (Å²) in [5, 5.41) is 3.13. The highest BCUT2D eigenvalue weighted by Crippen LogP contribution is 2.27. The van der Waals surface area contributed by atoms with E-state index in [1.165, 1.54) is 42.7 Å². The number of anilines is 1.